The summed E-state index contributed by atoms with van der Waals surface area (Å²) in [6, 6.07) is 4.69. The Morgan fingerprint density at radius 2 is 2.13 bits per heavy atom. The van der Waals surface area contributed by atoms with Crippen molar-refractivity contribution in [1.82, 2.24) is 20.3 Å². The van der Waals surface area contributed by atoms with Crippen LogP contribution in [0.5, 0.6) is 0 Å². The highest BCUT2D eigenvalue weighted by Gasteiger charge is 2.30. The number of halogens is 1. The number of amides is 1. The van der Waals surface area contributed by atoms with E-state index in [1.165, 1.54) is 12.4 Å². The first-order chi connectivity index (χ1) is 14.3. The van der Waals surface area contributed by atoms with Crippen molar-refractivity contribution in [3.8, 4) is 0 Å². The predicted molar refractivity (Wildman–Crippen MR) is 115 cm³/mol. The second-order valence-electron chi connectivity index (χ2n) is 7.04. The van der Waals surface area contributed by atoms with Crippen molar-refractivity contribution in [2.24, 2.45) is 0 Å². The maximum absolute atomic E-state index is 12.7. The van der Waals surface area contributed by atoms with Crippen LogP contribution in [0.1, 0.15) is 28.0 Å². The molecule has 2 aromatic heterocycles. The summed E-state index contributed by atoms with van der Waals surface area (Å²) < 4.78 is 23.3. The Kier molecular flexibility index (Phi) is 5.20. The normalized spacial score (nSPS) is 17.7. The van der Waals surface area contributed by atoms with Gasteiger partial charge in [0.05, 0.1) is 29.0 Å². The minimum atomic E-state index is -3.10. The van der Waals surface area contributed by atoms with Gasteiger partial charge in [-0.25, -0.2) is 18.4 Å². The Bertz CT molecular complexity index is 1270. The number of fused-ring (bicyclic) bond motifs is 1. The molecule has 9 nitrogen and oxygen atoms in total. The first-order valence-corrected chi connectivity index (χ1v) is 11.4. The molecule has 0 spiro atoms. The molecule has 0 saturated carbocycles. The Balaban J connectivity index is 1.65. The average Bonchev–Trinajstić information content (AvgIpc) is 3.29. The number of benzene rings is 1. The summed E-state index contributed by atoms with van der Waals surface area (Å²) in [5.41, 5.74) is 2.65. The van der Waals surface area contributed by atoms with E-state index in [0.717, 1.165) is 0 Å². The zero-order valence-corrected chi connectivity index (χ0v) is 17.6. The summed E-state index contributed by atoms with van der Waals surface area (Å²) in [5, 5.41) is 14.8. The minimum absolute atomic E-state index is 0.0635. The Morgan fingerprint density at radius 3 is 2.83 bits per heavy atom. The molecule has 0 bridgehead atoms. The molecule has 4 N–H and O–H groups in total. The SMILES string of the molecule is CNc1cc(Cl)ccc1C(=N)c1cnc2[nH]cc(C(=O)NC3CCS(=O)(=O)C3)c2n1. The predicted octanol–water partition coefficient (Wildman–Crippen LogP) is 1.99. The van der Waals surface area contributed by atoms with Crippen molar-refractivity contribution >= 4 is 49.9 Å². The summed E-state index contributed by atoms with van der Waals surface area (Å²) in [5.74, 6) is -0.419. The van der Waals surface area contributed by atoms with Crippen molar-refractivity contribution < 1.29 is 13.2 Å². The lowest BCUT2D eigenvalue weighted by Gasteiger charge is -2.11. The third-order valence-corrected chi connectivity index (χ3v) is 6.97. The van der Waals surface area contributed by atoms with Gasteiger partial charge in [-0.1, -0.05) is 11.6 Å². The molecule has 1 amide bonds. The topological polar surface area (TPSA) is 141 Å². The highest BCUT2D eigenvalue weighted by Crippen LogP contribution is 2.24. The number of carbonyl (C=O) groups is 1. The number of carbonyl (C=O) groups excluding carboxylic acids is 1. The molecule has 3 aromatic rings. The molecular weight excluding hydrogens is 428 g/mol. The standard InChI is InChI=1S/C19H19ClN6O3S/c1-22-14-6-10(20)2-3-12(14)16(21)15-8-24-18-17(26-15)13(7-23-18)19(27)25-11-4-5-30(28,29)9-11/h2-3,6-8,11,21-22H,4-5,9H2,1H3,(H,23,24)(H,25,27). The van der Waals surface area contributed by atoms with Gasteiger partial charge in [0.15, 0.2) is 15.5 Å². The van der Waals surface area contributed by atoms with Gasteiger partial charge < -0.3 is 15.6 Å². The first-order valence-electron chi connectivity index (χ1n) is 9.19. The quantitative estimate of drug-likeness (QED) is 0.442. The van der Waals surface area contributed by atoms with Crippen molar-refractivity contribution in [3.63, 3.8) is 0 Å². The highest BCUT2D eigenvalue weighted by molar-refractivity contribution is 7.91. The van der Waals surface area contributed by atoms with Gasteiger partial charge in [-0.3, -0.25) is 10.2 Å². The molecule has 4 rings (SSSR count). The monoisotopic (exact) mass is 446 g/mol. The number of hydrogen-bond acceptors (Lipinski definition) is 7. The van der Waals surface area contributed by atoms with Gasteiger partial charge in [0.25, 0.3) is 5.91 Å². The number of aromatic amines is 1. The molecular formula is C19H19ClN6O3S. The zero-order valence-electron chi connectivity index (χ0n) is 16.0. The number of nitrogens with one attached hydrogen (secondary N) is 4. The van der Waals surface area contributed by atoms with Crippen LogP contribution >= 0.6 is 11.6 Å². The Morgan fingerprint density at radius 1 is 1.33 bits per heavy atom. The number of aromatic nitrogens is 3. The molecule has 11 heteroatoms. The second kappa shape index (κ2) is 7.69. The van der Waals surface area contributed by atoms with E-state index in [2.05, 4.69) is 25.6 Å². The third-order valence-electron chi connectivity index (χ3n) is 4.97. The molecule has 1 fully saturated rings. The van der Waals surface area contributed by atoms with Crippen LogP contribution in [0.3, 0.4) is 0 Å². The number of nitrogens with zero attached hydrogens (tertiary/aromatic N) is 2. The molecule has 1 aromatic carbocycles. The summed E-state index contributed by atoms with van der Waals surface area (Å²) in [7, 11) is -1.37. The van der Waals surface area contributed by atoms with E-state index in [0.29, 0.717) is 39.6 Å². The van der Waals surface area contributed by atoms with Crippen LogP contribution < -0.4 is 10.6 Å². The van der Waals surface area contributed by atoms with Crippen LogP contribution in [0.2, 0.25) is 5.02 Å². The zero-order chi connectivity index (χ0) is 21.5. The van der Waals surface area contributed by atoms with Crippen LogP contribution in [0.25, 0.3) is 11.2 Å². The summed E-state index contributed by atoms with van der Waals surface area (Å²) in [6.45, 7) is 0. The van der Waals surface area contributed by atoms with Crippen LogP contribution in [-0.2, 0) is 9.84 Å². The molecule has 1 aliphatic heterocycles. The van der Waals surface area contributed by atoms with E-state index in [1.54, 1.807) is 25.2 Å². The van der Waals surface area contributed by atoms with Crippen LogP contribution in [0.4, 0.5) is 5.69 Å². The number of anilines is 1. The van der Waals surface area contributed by atoms with E-state index < -0.39 is 21.8 Å². The van der Waals surface area contributed by atoms with Gasteiger partial charge in [-0.15, -0.1) is 0 Å². The average molecular weight is 447 g/mol. The lowest BCUT2D eigenvalue weighted by atomic mass is 10.1. The number of rotatable bonds is 5. The van der Waals surface area contributed by atoms with Gasteiger partial charge in [-0.05, 0) is 24.6 Å². The molecule has 1 saturated heterocycles. The van der Waals surface area contributed by atoms with Crippen molar-refractivity contribution in [1.29, 1.82) is 5.41 Å². The van der Waals surface area contributed by atoms with E-state index in [9.17, 15) is 13.2 Å². The molecule has 1 unspecified atom stereocenters. The molecule has 0 radical (unpaired) electrons. The van der Waals surface area contributed by atoms with E-state index >= 15 is 0 Å². The van der Waals surface area contributed by atoms with Gasteiger partial charge in [0.1, 0.15) is 11.2 Å². The van der Waals surface area contributed by atoms with E-state index in [1.807, 2.05) is 0 Å². The van der Waals surface area contributed by atoms with E-state index in [4.69, 9.17) is 17.0 Å². The second-order valence-corrected chi connectivity index (χ2v) is 9.71. The maximum Gasteiger partial charge on any atom is 0.255 e. The molecule has 0 aliphatic carbocycles. The summed E-state index contributed by atoms with van der Waals surface area (Å²) in [6.07, 6.45) is 3.33. The fourth-order valence-corrected chi connectivity index (χ4v) is 5.28. The Labute approximate surface area is 177 Å². The third kappa shape index (κ3) is 3.88. The maximum atomic E-state index is 12.7. The number of sulfone groups is 1. The number of H-pyrrole nitrogens is 1. The van der Waals surface area contributed by atoms with Gasteiger partial charge in [0, 0.05) is 35.6 Å². The molecule has 1 aliphatic rings. The van der Waals surface area contributed by atoms with Gasteiger partial charge >= 0.3 is 0 Å². The highest BCUT2D eigenvalue weighted by atomic mass is 35.5. The van der Waals surface area contributed by atoms with Gasteiger partial charge in [-0.2, -0.15) is 0 Å². The van der Waals surface area contributed by atoms with Crippen LogP contribution in [0, 0.1) is 5.41 Å². The Hall–Kier alpha value is -2.98. The molecule has 1 atom stereocenters. The summed E-state index contributed by atoms with van der Waals surface area (Å²) >= 11 is 6.03. The fourth-order valence-electron chi connectivity index (χ4n) is 3.44. The minimum Gasteiger partial charge on any atom is -0.388 e. The number of hydrogen-bond donors (Lipinski definition) is 4. The fraction of sp³-hybridized carbons (Fsp3) is 0.263. The smallest absolute Gasteiger partial charge is 0.255 e. The van der Waals surface area contributed by atoms with Crippen molar-refractivity contribution in [2.75, 3.05) is 23.9 Å². The molecule has 3 heterocycles. The lowest BCUT2D eigenvalue weighted by molar-refractivity contribution is 0.0942. The van der Waals surface area contributed by atoms with Gasteiger partial charge in [0.2, 0.25) is 0 Å². The van der Waals surface area contributed by atoms with E-state index in [-0.39, 0.29) is 22.8 Å². The molecule has 156 valence electrons. The van der Waals surface area contributed by atoms with Crippen molar-refractivity contribution in [2.45, 2.75) is 12.5 Å². The summed E-state index contributed by atoms with van der Waals surface area (Å²) in [4.78, 5) is 24.3. The molecule has 30 heavy (non-hydrogen) atoms. The first kappa shape index (κ1) is 20.3. The van der Waals surface area contributed by atoms with Crippen LogP contribution in [-0.4, -0.2) is 59.6 Å². The van der Waals surface area contributed by atoms with Crippen molar-refractivity contribution in [3.05, 3.63) is 52.4 Å². The van der Waals surface area contributed by atoms with Crippen LogP contribution in [0.15, 0.2) is 30.6 Å². The largest absolute Gasteiger partial charge is 0.388 e. The lowest BCUT2D eigenvalue weighted by Crippen LogP contribution is -2.35.